The highest BCUT2D eigenvalue weighted by Crippen LogP contribution is 2.34. The van der Waals surface area contributed by atoms with Gasteiger partial charge in [0.05, 0.1) is 5.92 Å². The summed E-state index contributed by atoms with van der Waals surface area (Å²) in [6.45, 7) is 8.26. The first-order valence-electron chi connectivity index (χ1n) is 7.46. The van der Waals surface area contributed by atoms with Crippen LogP contribution in [0.2, 0.25) is 0 Å². The van der Waals surface area contributed by atoms with Gasteiger partial charge in [0.1, 0.15) is 0 Å². The zero-order valence-corrected chi connectivity index (χ0v) is 13.1. The summed E-state index contributed by atoms with van der Waals surface area (Å²) < 4.78 is 0. The fourth-order valence-corrected chi connectivity index (χ4v) is 2.66. The Hall–Kier alpha value is -1.26. The van der Waals surface area contributed by atoms with Crippen LogP contribution in [0.5, 0.6) is 0 Å². The number of hydrogen-bond acceptors (Lipinski definition) is 2. The molecule has 5 heteroatoms. The number of aliphatic carboxylic acids is 1. The monoisotopic (exact) mass is 284 g/mol. The van der Waals surface area contributed by atoms with Crippen LogP contribution in [0.25, 0.3) is 0 Å². The van der Waals surface area contributed by atoms with Gasteiger partial charge >= 0.3 is 12.0 Å². The van der Waals surface area contributed by atoms with Crippen molar-refractivity contribution in [3.8, 4) is 0 Å². The van der Waals surface area contributed by atoms with Crippen LogP contribution in [0.4, 0.5) is 4.79 Å². The van der Waals surface area contributed by atoms with Crippen molar-refractivity contribution in [1.29, 1.82) is 0 Å². The van der Waals surface area contributed by atoms with Crippen molar-refractivity contribution in [3.63, 3.8) is 0 Å². The summed E-state index contributed by atoms with van der Waals surface area (Å²) >= 11 is 0. The molecule has 1 aliphatic carbocycles. The van der Waals surface area contributed by atoms with Crippen molar-refractivity contribution in [3.05, 3.63) is 0 Å². The summed E-state index contributed by atoms with van der Waals surface area (Å²) in [6.07, 6.45) is 4.64. The second-order valence-corrected chi connectivity index (χ2v) is 7.12. The quantitative estimate of drug-likeness (QED) is 0.701. The molecule has 1 fully saturated rings. The lowest BCUT2D eigenvalue weighted by molar-refractivity contribution is -0.142. The molecule has 0 aromatic carbocycles. The second kappa shape index (κ2) is 6.46. The number of hydrogen-bond donors (Lipinski definition) is 3. The summed E-state index contributed by atoms with van der Waals surface area (Å²) in [7, 11) is 0. The zero-order chi connectivity index (χ0) is 15.4. The minimum atomic E-state index is -0.853. The predicted octanol–water partition coefficient (Wildman–Crippen LogP) is 2.76. The highest BCUT2D eigenvalue weighted by molar-refractivity contribution is 5.76. The fraction of sp³-hybridized carbons (Fsp3) is 0.867. The van der Waals surface area contributed by atoms with Gasteiger partial charge in [0.15, 0.2) is 0 Å². The number of nitrogens with one attached hydrogen (secondary N) is 2. The van der Waals surface area contributed by atoms with E-state index in [-0.39, 0.29) is 23.5 Å². The molecule has 1 aliphatic rings. The molecule has 0 radical (unpaired) electrons. The lowest BCUT2D eigenvalue weighted by Gasteiger charge is -2.42. The van der Waals surface area contributed by atoms with E-state index in [1.54, 1.807) is 0 Å². The van der Waals surface area contributed by atoms with E-state index in [1.807, 2.05) is 20.8 Å². The summed E-state index contributed by atoms with van der Waals surface area (Å²) in [5.41, 5.74) is -0.132. The van der Waals surface area contributed by atoms with E-state index in [1.165, 1.54) is 0 Å². The van der Waals surface area contributed by atoms with Crippen molar-refractivity contribution < 1.29 is 14.7 Å². The molecular weight excluding hydrogens is 256 g/mol. The molecule has 116 valence electrons. The van der Waals surface area contributed by atoms with E-state index in [9.17, 15) is 14.7 Å². The number of carbonyl (C=O) groups excluding carboxylic acids is 1. The number of urea groups is 1. The third-order valence-electron chi connectivity index (χ3n) is 4.08. The van der Waals surface area contributed by atoms with E-state index in [2.05, 4.69) is 17.6 Å². The molecule has 0 saturated heterocycles. The van der Waals surface area contributed by atoms with E-state index in [4.69, 9.17) is 0 Å². The maximum atomic E-state index is 11.9. The van der Waals surface area contributed by atoms with Gasteiger partial charge in [0.25, 0.3) is 0 Å². The fourth-order valence-electron chi connectivity index (χ4n) is 2.66. The van der Waals surface area contributed by atoms with Gasteiger partial charge in [-0.3, -0.25) is 4.79 Å². The lowest BCUT2D eigenvalue weighted by atomic mass is 9.75. The molecule has 20 heavy (non-hydrogen) atoms. The van der Waals surface area contributed by atoms with Crippen molar-refractivity contribution in [2.75, 3.05) is 6.54 Å². The predicted molar refractivity (Wildman–Crippen MR) is 78.6 cm³/mol. The Morgan fingerprint density at radius 2 is 1.90 bits per heavy atom. The minimum Gasteiger partial charge on any atom is -0.481 e. The molecule has 2 amide bonds. The Balaban J connectivity index is 2.43. The topological polar surface area (TPSA) is 78.4 Å². The molecule has 1 saturated carbocycles. The van der Waals surface area contributed by atoms with Gasteiger partial charge in [-0.25, -0.2) is 4.79 Å². The zero-order valence-electron chi connectivity index (χ0n) is 13.1. The minimum absolute atomic E-state index is 0.0627. The largest absolute Gasteiger partial charge is 0.481 e. The summed E-state index contributed by atoms with van der Waals surface area (Å²) in [5.74, 6) is -1.39. The third kappa shape index (κ3) is 5.02. The summed E-state index contributed by atoms with van der Waals surface area (Å²) in [6, 6.07) is -0.244. The highest BCUT2D eigenvalue weighted by Gasteiger charge is 2.36. The van der Waals surface area contributed by atoms with E-state index in [0.717, 1.165) is 25.7 Å². The third-order valence-corrected chi connectivity index (χ3v) is 4.08. The molecule has 0 spiro atoms. The number of carboxylic acids is 1. The van der Waals surface area contributed by atoms with E-state index >= 15 is 0 Å². The van der Waals surface area contributed by atoms with Crippen LogP contribution in [0.3, 0.4) is 0 Å². The van der Waals surface area contributed by atoms with Gasteiger partial charge in [0.2, 0.25) is 0 Å². The normalized spacial score (nSPS) is 18.8. The van der Waals surface area contributed by atoms with Crippen molar-refractivity contribution >= 4 is 12.0 Å². The molecule has 0 bridgehead atoms. The van der Waals surface area contributed by atoms with Crippen LogP contribution >= 0.6 is 0 Å². The average Bonchev–Trinajstić information content (AvgIpc) is 2.27. The SMILES string of the molecule is CCC1(NC(=O)NCC(CC(C)(C)C)C(=O)O)CCC1. The van der Waals surface area contributed by atoms with Gasteiger partial charge < -0.3 is 15.7 Å². The summed E-state index contributed by atoms with van der Waals surface area (Å²) in [5, 5.41) is 14.9. The van der Waals surface area contributed by atoms with Crippen LogP contribution in [0.15, 0.2) is 0 Å². The van der Waals surface area contributed by atoms with Crippen molar-refractivity contribution in [2.45, 2.75) is 65.3 Å². The summed E-state index contributed by atoms with van der Waals surface area (Å²) in [4.78, 5) is 23.1. The van der Waals surface area contributed by atoms with Crippen LogP contribution in [-0.2, 0) is 4.79 Å². The van der Waals surface area contributed by atoms with Crippen molar-refractivity contribution in [2.24, 2.45) is 11.3 Å². The molecule has 5 nitrogen and oxygen atoms in total. The number of amides is 2. The molecule has 0 aliphatic heterocycles. The maximum absolute atomic E-state index is 11.9. The van der Waals surface area contributed by atoms with Crippen molar-refractivity contribution in [1.82, 2.24) is 10.6 Å². The molecular formula is C15H28N2O3. The van der Waals surface area contributed by atoms with Gasteiger partial charge in [-0.15, -0.1) is 0 Å². The average molecular weight is 284 g/mol. The Morgan fingerprint density at radius 3 is 2.25 bits per heavy atom. The first-order valence-corrected chi connectivity index (χ1v) is 7.46. The first kappa shape index (κ1) is 16.8. The molecule has 0 heterocycles. The molecule has 0 aromatic rings. The van der Waals surface area contributed by atoms with Crippen LogP contribution in [-0.4, -0.2) is 29.2 Å². The Morgan fingerprint density at radius 1 is 1.30 bits per heavy atom. The first-order chi connectivity index (χ1) is 9.17. The molecule has 3 N–H and O–H groups in total. The van der Waals surface area contributed by atoms with Crippen LogP contribution < -0.4 is 10.6 Å². The lowest BCUT2D eigenvalue weighted by Crippen LogP contribution is -2.56. The van der Waals surface area contributed by atoms with E-state index < -0.39 is 11.9 Å². The highest BCUT2D eigenvalue weighted by atomic mass is 16.4. The number of rotatable bonds is 6. The Kier molecular flexibility index (Phi) is 5.42. The van der Waals surface area contributed by atoms with Crippen LogP contribution in [0, 0.1) is 11.3 Å². The second-order valence-electron chi connectivity index (χ2n) is 7.12. The molecule has 0 aromatic heterocycles. The van der Waals surface area contributed by atoms with Gasteiger partial charge in [0, 0.05) is 12.1 Å². The standard InChI is InChI=1S/C15H28N2O3/c1-5-15(7-6-8-15)17-13(20)16-10-11(12(18)19)9-14(2,3)4/h11H,5-10H2,1-4H3,(H,18,19)(H2,16,17,20). The van der Waals surface area contributed by atoms with Gasteiger partial charge in [-0.1, -0.05) is 27.7 Å². The molecule has 1 atom stereocenters. The van der Waals surface area contributed by atoms with Gasteiger partial charge in [-0.2, -0.15) is 0 Å². The molecule has 1 unspecified atom stereocenters. The molecule has 1 rings (SSSR count). The van der Waals surface area contributed by atoms with Gasteiger partial charge in [-0.05, 0) is 37.5 Å². The Labute approximate surface area is 121 Å². The maximum Gasteiger partial charge on any atom is 0.315 e. The van der Waals surface area contributed by atoms with E-state index in [0.29, 0.717) is 6.42 Å². The number of carboxylic acid groups (broad SMARTS) is 1. The Bertz CT molecular complexity index is 351. The van der Waals surface area contributed by atoms with Crippen LogP contribution in [0.1, 0.15) is 59.8 Å². The smallest absolute Gasteiger partial charge is 0.315 e. The number of carbonyl (C=O) groups is 2.